The molecule has 3 aromatic rings. The highest BCUT2D eigenvalue weighted by Gasteiger charge is 2.17. The molecule has 0 aliphatic heterocycles. The Balaban J connectivity index is 2.18. The number of aliphatic hydroxyl groups excluding tert-OH is 1. The Bertz CT molecular complexity index is 690. The zero-order valence-corrected chi connectivity index (χ0v) is 11.8. The van der Waals surface area contributed by atoms with E-state index in [2.05, 4.69) is 20.9 Å². The van der Waals surface area contributed by atoms with Crippen LogP contribution in [-0.2, 0) is 0 Å². The molecule has 4 heteroatoms. The molecule has 18 heavy (non-hydrogen) atoms. The van der Waals surface area contributed by atoms with Crippen molar-refractivity contribution in [1.29, 1.82) is 0 Å². The Kier molecular flexibility index (Phi) is 3.16. The van der Waals surface area contributed by atoms with Crippen LogP contribution in [0.2, 0.25) is 0 Å². The number of hydrogen-bond acceptors (Lipinski definition) is 3. The summed E-state index contributed by atoms with van der Waals surface area (Å²) in [4.78, 5) is 4.20. The first-order chi connectivity index (χ1) is 8.77. The fourth-order valence-electron chi connectivity index (χ4n) is 2.01. The second-order valence-corrected chi connectivity index (χ2v) is 5.63. The van der Waals surface area contributed by atoms with Crippen LogP contribution in [0.4, 0.5) is 0 Å². The summed E-state index contributed by atoms with van der Waals surface area (Å²) >= 11 is 5.03. The summed E-state index contributed by atoms with van der Waals surface area (Å²) in [7, 11) is 0. The first-order valence-electron chi connectivity index (χ1n) is 5.49. The summed E-state index contributed by atoms with van der Waals surface area (Å²) in [6, 6.07) is 7.96. The minimum Gasteiger partial charge on any atom is -0.384 e. The van der Waals surface area contributed by atoms with Gasteiger partial charge in [-0.3, -0.25) is 4.98 Å². The molecule has 2 nitrogen and oxygen atoms in total. The Morgan fingerprint density at radius 1 is 1.11 bits per heavy atom. The number of fused-ring (bicyclic) bond motifs is 1. The Labute approximate surface area is 117 Å². The molecule has 0 aliphatic carbocycles. The summed E-state index contributed by atoms with van der Waals surface area (Å²) in [5.74, 6) is 0. The van der Waals surface area contributed by atoms with E-state index in [-0.39, 0.29) is 0 Å². The summed E-state index contributed by atoms with van der Waals surface area (Å²) in [6.45, 7) is 0. The maximum absolute atomic E-state index is 10.5. The number of thiophene rings is 1. The van der Waals surface area contributed by atoms with Crippen LogP contribution >= 0.6 is 27.3 Å². The number of aromatic nitrogens is 1. The van der Waals surface area contributed by atoms with E-state index < -0.39 is 6.10 Å². The fourth-order valence-corrected chi connectivity index (χ4v) is 3.54. The number of hydrogen-bond donors (Lipinski definition) is 1. The van der Waals surface area contributed by atoms with Crippen molar-refractivity contribution in [1.82, 2.24) is 4.98 Å². The molecule has 0 radical (unpaired) electrons. The van der Waals surface area contributed by atoms with E-state index in [9.17, 15) is 5.11 Å². The molecule has 90 valence electrons. The lowest BCUT2D eigenvalue weighted by Gasteiger charge is -2.12. The standard InChI is InChI=1S/C14H10BrNOS/c15-13-8-18-7-12(13)14(17)11-6-16-5-9-3-1-2-4-10(9)11/h1-8,14,17H. The molecule has 2 aromatic heterocycles. The molecule has 1 atom stereocenters. The molecule has 0 bridgehead atoms. The molecule has 0 fully saturated rings. The molecule has 0 aliphatic rings. The van der Waals surface area contributed by atoms with Crippen molar-refractivity contribution in [3.8, 4) is 0 Å². The first kappa shape index (κ1) is 11.8. The normalized spacial score (nSPS) is 12.8. The number of rotatable bonds is 2. The van der Waals surface area contributed by atoms with Crippen LogP contribution in [0.5, 0.6) is 0 Å². The van der Waals surface area contributed by atoms with Crippen molar-refractivity contribution >= 4 is 38.0 Å². The van der Waals surface area contributed by atoms with Crippen LogP contribution in [-0.4, -0.2) is 10.1 Å². The van der Waals surface area contributed by atoms with Gasteiger partial charge in [-0.25, -0.2) is 0 Å². The molecule has 2 heterocycles. The van der Waals surface area contributed by atoms with Crippen molar-refractivity contribution in [2.75, 3.05) is 0 Å². The predicted molar refractivity (Wildman–Crippen MR) is 77.8 cm³/mol. The van der Waals surface area contributed by atoms with E-state index in [1.807, 2.05) is 41.2 Å². The van der Waals surface area contributed by atoms with Gasteiger partial charge in [0.25, 0.3) is 0 Å². The minimum absolute atomic E-state index is 0.649. The van der Waals surface area contributed by atoms with Crippen LogP contribution in [0.1, 0.15) is 17.2 Å². The van der Waals surface area contributed by atoms with Gasteiger partial charge in [-0.05, 0) is 26.7 Å². The summed E-state index contributed by atoms with van der Waals surface area (Å²) in [6.07, 6.45) is 2.90. The van der Waals surface area contributed by atoms with Gasteiger partial charge in [0, 0.05) is 38.8 Å². The van der Waals surface area contributed by atoms with Gasteiger partial charge in [0.2, 0.25) is 0 Å². The Morgan fingerprint density at radius 2 is 1.94 bits per heavy atom. The molecular formula is C14H10BrNOS. The Hall–Kier alpha value is -1.23. The largest absolute Gasteiger partial charge is 0.384 e. The van der Waals surface area contributed by atoms with Crippen LogP contribution in [0.15, 0.2) is 51.9 Å². The lowest BCUT2D eigenvalue weighted by molar-refractivity contribution is 0.221. The highest BCUT2D eigenvalue weighted by molar-refractivity contribution is 9.10. The van der Waals surface area contributed by atoms with Gasteiger partial charge in [0.15, 0.2) is 0 Å². The van der Waals surface area contributed by atoms with E-state index >= 15 is 0 Å². The number of pyridine rings is 1. The third-order valence-electron chi connectivity index (χ3n) is 2.93. The molecule has 0 spiro atoms. The SMILES string of the molecule is OC(c1cscc1Br)c1cncc2ccccc12. The average molecular weight is 320 g/mol. The molecule has 1 N–H and O–H groups in total. The first-order valence-corrected chi connectivity index (χ1v) is 7.23. The Morgan fingerprint density at radius 3 is 2.72 bits per heavy atom. The topological polar surface area (TPSA) is 33.1 Å². The lowest BCUT2D eigenvalue weighted by Crippen LogP contribution is -2.00. The van der Waals surface area contributed by atoms with Crippen LogP contribution in [0.25, 0.3) is 10.8 Å². The molecular weight excluding hydrogens is 310 g/mol. The quantitative estimate of drug-likeness (QED) is 0.770. The molecule has 0 amide bonds. The second-order valence-electron chi connectivity index (χ2n) is 4.03. The minimum atomic E-state index is -0.649. The van der Waals surface area contributed by atoms with Crippen molar-refractivity contribution < 1.29 is 5.11 Å². The lowest BCUT2D eigenvalue weighted by atomic mass is 10.0. The zero-order valence-electron chi connectivity index (χ0n) is 9.38. The predicted octanol–water partition coefficient (Wildman–Crippen LogP) is 4.14. The van der Waals surface area contributed by atoms with Gasteiger partial charge in [0.1, 0.15) is 6.10 Å². The highest BCUT2D eigenvalue weighted by atomic mass is 79.9. The van der Waals surface area contributed by atoms with Crippen molar-refractivity contribution in [2.24, 2.45) is 0 Å². The molecule has 0 saturated heterocycles. The number of halogens is 1. The zero-order chi connectivity index (χ0) is 12.5. The van der Waals surface area contributed by atoms with E-state index in [1.165, 1.54) is 0 Å². The number of benzene rings is 1. The van der Waals surface area contributed by atoms with Crippen molar-refractivity contribution in [2.45, 2.75) is 6.10 Å². The second kappa shape index (κ2) is 4.80. The molecule has 3 rings (SSSR count). The van der Waals surface area contributed by atoms with Gasteiger partial charge >= 0.3 is 0 Å². The molecule has 0 saturated carbocycles. The van der Waals surface area contributed by atoms with E-state index in [0.29, 0.717) is 0 Å². The molecule has 1 aromatic carbocycles. The van der Waals surface area contributed by atoms with Crippen LogP contribution in [0.3, 0.4) is 0 Å². The molecule has 1 unspecified atom stereocenters. The van der Waals surface area contributed by atoms with Gasteiger partial charge in [-0.15, -0.1) is 0 Å². The number of nitrogens with zero attached hydrogens (tertiary/aromatic N) is 1. The van der Waals surface area contributed by atoms with Crippen LogP contribution in [0, 0.1) is 0 Å². The van der Waals surface area contributed by atoms with Gasteiger partial charge in [-0.1, -0.05) is 24.3 Å². The smallest absolute Gasteiger partial charge is 0.108 e. The van der Waals surface area contributed by atoms with Crippen LogP contribution < -0.4 is 0 Å². The summed E-state index contributed by atoms with van der Waals surface area (Å²) in [5.41, 5.74) is 1.73. The third kappa shape index (κ3) is 1.96. The van der Waals surface area contributed by atoms with E-state index in [1.54, 1.807) is 17.5 Å². The monoisotopic (exact) mass is 319 g/mol. The van der Waals surface area contributed by atoms with E-state index in [4.69, 9.17) is 0 Å². The van der Waals surface area contributed by atoms with Crippen molar-refractivity contribution in [3.05, 3.63) is 63.0 Å². The fraction of sp³-hybridized carbons (Fsp3) is 0.0714. The van der Waals surface area contributed by atoms with Crippen molar-refractivity contribution in [3.63, 3.8) is 0 Å². The maximum atomic E-state index is 10.5. The van der Waals surface area contributed by atoms with Gasteiger partial charge in [-0.2, -0.15) is 11.3 Å². The summed E-state index contributed by atoms with van der Waals surface area (Å²) < 4.78 is 0.938. The van der Waals surface area contributed by atoms with E-state index in [0.717, 1.165) is 26.4 Å². The number of aliphatic hydroxyl groups is 1. The maximum Gasteiger partial charge on any atom is 0.108 e. The third-order valence-corrected chi connectivity index (χ3v) is 4.68. The summed E-state index contributed by atoms with van der Waals surface area (Å²) in [5, 5.41) is 16.5. The van der Waals surface area contributed by atoms with Gasteiger partial charge < -0.3 is 5.11 Å². The van der Waals surface area contributed by atoms with Gasteiger partial charge in [0.05, 0.1) is 0 Å². The highest BCUT2D eigenvalue weighted by Crippen LogP contribution is 2.34. The average Bonchev–Trinajstić information content (AvgIpc) is 2.83.